The Morgan fingerprint density at radius 3 is 2.47 bits per heavy atom. The lowest BCUT2D eigenvalue weighted by molar-refractivity contribution is 0.251. The molecule has 0 amide bonds. The number of hydrogen-bond acceptors (Lipinski definition) is 2. The molecule has 1 saturated carbocycles. The van der Waals surface area contributed by atoms with Crippen LogP contribution in [0.2, 0.25) is 0 Å². The Morgan fingerprint density at radius 2 is 1.88 bits per heavy atom. The molecule has 102 valence electrons. The van der Waals surface area contributed by atoms with E-state index in [-0.39, 0.29) is 0 Å². The standard InChI is InChI=1S/C15H32N2/c1-13(2)11-16-9-6-10-17-12-14-7-5-8-15(14,3)4/h13-14,16-17H,5-12H2,1-4H3. The highest BCUT2D eigenvalue weighted by Crippen LogP contribution is 2.41. The Balaban J connectivity index is 1.94. The van der Waals surface area contributed by atoms with Crippen LogP contribution in [0.1, 0.15) is 53.4 Å². The van der Waals surface area contributed by atoms with Crippen LogP contribution in [-0.4, -0.2) is 26.2 Å². The van der Waals surface area contributed by atoms with Gasteiger partial charge in [-0.05, 0) is 62.7 Å². The maximum Gasteiger partial charge on any atom is -0.00154 e. The van der Waals surface area contributed by atoms with Gasteiger partial charge >= 0.3 is 0 Å². The fourth-order valence-corrected chi connectivity index (χ4v) is 2.78. The number of rotatable bonds is 8. The molecular formula is C15H32N2. The topological polar surface area (TPSA) is 24.1 Å². The van der Waals surface area contributed by atoms with Gasteiger partial charge in [0.1, 0.15) is 0 Å². The van der Waals surface area contributed by atoms with Crippen molar-refractivity contribution >= 4 is 0 Å². The largest absolute Gasteiger partial charge is 0.316 e. The van der Waals surface area contributed by atoms with E-state index in [1.807, 2.05) is 0 Å². The SMILES string of the molecule is CC(C)CNCCCNCC1CCCC1(C)C. The Morgan fingerprint density at radius 1 is 1.18 bits per heavy atom. The first-order chi connectivity index (χ1) is 8.02. The lowest BCUT2D eigenvalue weighted by atomic mass is 9.82. The zero-order chi connectivity index (χ0) is 12.7. The van der Waals surface area contributed by atoms with Crippen molar-refractivity contribution in [3.8, 4) is 0 Å². The van der Waals surface area contributed by atoms with Crippen molar-refractivity contribution < 1.29 is 0 Å². The van der Waals surface area contributed by atoms with E-state index in [0.717, 1.165) is 31.5 Å². The van der Waals surface area contributed by atoms with Gasteiger partial charge in [0, 0.05) is 0 Å². The molecule has 0 saturated heterocycles. The predicted molar refractivity (Wildman–Crippen MR) is 76.3 cm³/mol. The Hall–Kier alpha value is -0.0800. The summed E-state index contributed by atoms with van der Waals surface area (Å²) in [6.07, 6.45) is 5.51. The van der Waals surface area contributed by atoms with Crippen LogP contribution < -0.4 is 10.6 Å². The van der Waals surface area contributed by atoms with Gasteiger partial charge in [0.05, 0.1) is 0 Å². The number of nitrogens with one attached hydrogen (secondary N) is 2. The molecule has 1 aliphatic carbocycles. The maximum absolute atomic E-state index is 3.63. The van der Waals surface area contributed by atoms with Crippen molar-refractivity contribution in [1.29, 1.82) is 0 Å². The van der Waals surface area contributed by atoms with Crippen molar-refractivity contribution in [2.75, 3.05) is 26.2 Å². The summed E-state index contributed by atoms with van der Waals surface area (Å²) in [6.45, 7) is 14.1. The lowest BCUT2D eigenvalue weighted by Gasteiger charge is -2.27. The second-order valence-corrected chi connectivity index (χ2v) is 6.73. The summed E-state index contributed by atoms with van der Waals surface area (Å²) in [6, 6.07) is 0. The van der Waals surface area contributed by atoms with Gasteiger partial charge in [-0.25, -0.2) is 0 Å². The summed E-state index contributed by atoms with van der Waals surface area (Å²) >= 11 is 0. The van der Waals surface area contributed by atoms with Gasteiger partial charge in [-0.1, -0.05) is 34.1 Å². The number of hydrogen-bond donors (Lipinski definition) is 2. The van der Waals surface area contributed by atoms with Crippen molar-refractivity contribution in [2.45, 2.75) is 53.4 Å². The molecule has 0 aromatic carbocycles. The van der Waals surface area contributed by atoms with E-state index < -0.39 is 0 Å². The third-order valence-electron chi connectivity index (χ3n) is 4.13. The first-order valence-electron chi connectivity index (χ1n) is 7.44. The zero-order valence-electron chi connectivity index (χ0n) is 12.3. The minimum atomic E-state index is 0.572. The average Bonchev–Trinajstić information content (AvgIpc) is 2.56. The molecule has 1 atom stereocenters. The summed E-state index contributed by atoms with van der Waals surface area (Å²) in [7, 11) is 0. The van der Waals surface area contributed by atoms with Crippen LogP contribution >= 0.6 is 0 Å². The van der Waals surface area contributed by atoms with Crippen molar-refractivity contribution in [1.82, 2.24) is 10.6 Å². The van der Waals surface area contributed by atoms with Crippen molar-refractivity contribution in [3.63, 3.8) is 0 Å². The zero-order valence-corrected chi connectivity index (χ0v) is 12.3. The van der Waals surface area contributed by atoms with Crippen LogP contribution in [0.4, 0.5) is 0 Å². The van der Waals surface area contributed by atoms with Gasteiger partial charge in [-0.2, -0.15) is 0 Å². The molecule has 1 aliphatic rings. The minimum Gasteiger partial charge on any atom is -0.316 e. The first kappa shape index (κ1) is 15.0. The van der Waals surface area contributed by atoms with Crippen LogP contribution in [0.15, 0.2) is 0 Å². The highest BCUT2D eigenvalue weighted by Gasteiger charge is 2.33. The molecule has 0 bridgehead atoms. The molecule has 1 rings (SSSR count). The second kappa shape index (κ2) is 7.38. The second-order valence-electron chi connectivity index (χ2n) is 6.73. The van der Waals surface area contributed by atoms with Gasteiger partial charge in [-0.15, -0.1) is 0 Å². The Bertz CT molecular complexity index is 199. The highest BCUT2D eigenvalue weighted by atomic mass is 14.9. The molecule has 0 aromatic heterocycles. The van der Waals surface area contributed by atoms with E-state index in [9.17, 15) is 0 Å². The van der Waals surface area contributed by atoms with E-state index in [1.165, 1.54) is 32.2 Å². The first-order valence-corrected chi connectivity index (χ1v) is 7.44. The van der Waals surface area contributed by atoms with E-state index in [1.54, 1.807) is 0 Å². The molecular weight excluding hydrogens is 208 g/mol. The van der Waals surface area contributed by atoms with Gasteiger partial charge in [0.15, 0.2) is 0 Å². The molecule has 2 N–H and O–H groups in total. The molecule has 17 heavy (non-hydrogen) atoms. The fraction of sp³-hybridized carbons (Fsp3) is 1.00. The molecule has 0 heterocycles. The van der Waals surface area contributed by atoms with E-state index >= 15 is 0 Å². The quantitative estimate of drug-likeness (QED) is 0.637. The molecule has 0 radical (unpaired) electrons. The molecule has 0 aromatic rings. The molecule has 0 aliphatic heterocycles. The molecule has 1 fully saturated rings. The summed E-state index contributed by atoms with van der Waals surface area (Å²) in [5, 5.41) is 7.12. The molecule has 2 nitrogen and oxygen atoms in total. The van der Waals surface area contributed by atoms with E-state index in [2.05, 4.69) is 38.3 Å². The monoisotopic (exact) mass is 240 g/mol. The molecule has 0 spiro atoms. The van der Waals surface area contributed by atoms with Crippen LogP contribution in [0.3, 0.4) is 0 Å². The summed E-state index contributed by atoms with van der Waals surface area (Å²) in [4.78, 5) is 0. The predicted octanol–water partition coefficient (Wildman–Crippen LogP) is 3.04. The van der Waals surface area contributed by atoms with Crippen LogP contribution in [0, 0.1) is 17.3 Å². The highest BCUT2D eigenvalue weighted by molar-refractivity contribution is 4.85. The minimum absolute atomic E-state index is 0.572. The van der Waals surface area contributed by atoms with E-state index in [0.29, 0.717) is 5.41 Å². The lowest BCUT2D eigenvalue weighted by Crippen LogP contribution is -2.31. The van der Waals surface area contributed by atoms with Gasteiger partial charge in [-0.3, -0.25) is 0 Å². The van der Waals surface area contributed by atoms with Crippen molar-refractivity contribution in [2.24, 2.45) is 17.3 Å². The fourth-order valence-electron chi connectivity index (χ4n) is 2.78. The van der Waals surface area contributed by atoms with Gasteiger partial charge in [0.2, 0.25) is 0 Å². The van der Waals surface area contributed by atoms with Crippen molar-refractivity contribution in [3.05, 3.63) is 0 Å². The van der Waals surface area contributed by atoms with Crippen LogP contribution in [-0.2, 0) is 0 Å². The van der Waals surface area contributed by atoms with Crippen LogP contribution in [0.5, 0.6) is 0 Å². The maximum atomic E-state index is 3.63. The third kappa shape index (κ3) is 5.87. The van der Waals surface area contributed by atoms with Gasteiger partial charge in [0.25, 0.3) is 0 Å². The normalized spacial score (nSPS) is 23.5. The summed E-state index contributed by atoms with van der Waals surface area (Å²) in [5.41, 5.74) is 0.572. The van der Waals surface area contributed by atoms with Crippen LogP contribution in [0.25, 0.3) is 0 Å². The summed E-state index contributed by atoms with van der Waals surface area (Å²) < 4.78 is 0. The van der Waals surface area contributed by atoms with E-state index in [4.69, 9.17) is 0 Å². The third-order valence-corrected chi connectivity index (χ3v) is 4.13. The smallest absolute Gasteiger partial charge is 0.00154 e. The Kier molecular flexibility index (Phi) is 6.50. The molecule has 2 heteroatoms. The summed E-state index contributed by atoms with van der Waals surface area (Å²) in [5.74, 6) is 1.66. The average molecular weight is 240 g/mol. The Labute approximate surface area is 108 Å². The van der Waals surface area contributed by atoms with Gasteiger partial charge < -0.3 is 10.6 Å². The molecule has 1 unspecified atom stereocenters.